The molecule has 2 amide bonds. The number of hydrogen-bond acceptors (Lipinski definition) is 4. The van der Waals surface area contributed by atoms with Crippen molar-refractivity contribution >= 4 is 27.9 Å². The van der Waals surface area contributed by atoms with Crippen LogP contribution in [-0.2, 0) is 4.74 Å². The molecule has 0 spiro atoms. The molecule has 120 valence electrons. The van der Waals surface area contributed by atoms with Crippen LogP contribution in [0.4, 0.5) is 4.79 Å². The minimum absolute atomic E-state index is 0.0783. The molecule has 6 nitrogen and oxygen atoms in total. The van der Waals surface area contributed by atoms with E-state index in [1.165, 1.54) is 0 Å². The van der Waals surface area contributed by atoms with Gasteiger partial charge in [0.05, 0.1) is 0 Å². The lowest BCUT2D eigenvalue weighted by Crippen LogP contribution is -2.40. The maximum Gasteiger partial charge on any atom is 0.410 e. The molecule has 1 aliphatic heterocycles. The van der Waals surface area contributed by atoms with Crippen molar-refractivity contribution in [2.24, 2.45) is 0 Å². The first-order valence-corrected chi connectivity index (χ1v) is 7.94. The molecular weight excluding hydrogens is 350 g/mol. The number of rotatable bonds is 2. The number of carbonyl (C=O) groups excluding carboxylic acids is 2. The summed E-state index contributed by atoms with van der Waals surface area (Å²) in [6.07, 6.45) is 1.95. The van der Waals surface area contributed by atoms with Gasteiger partial charge in [0.1, 0.15) is 11.3 Å². The number of nitrogens with zero attached hydrogens (tertiary/aromatic N) is 2. The zero-order valence-corrected chi connectivity index (χ0v) is 14.5. The molecular formula is C15H20BrN3O3. The monoisotopic (exact) mass is 369 g/mol. The Morgan fingerprint density at radius 2 is 2.14 bits per heavy atom. The third-order valence-corrected chi connectivity index (χ3v) is 3.60. The number of halogens is 1. The van der Waals surface area contributed by atoms with Gasteiger partial charge in [-0.25, -0.2) is 9.78 Å². The number of ether oxygens (including phenoxy) is 1. The van der Waals surface area contributed by atoms with Gasteiger partial charge in [-0.2, -0.15) is 0 Å². The Labute approximate surface area is 138 Å². The molecule has 7 heteroatoms. The molecule has 1 N–H and O–H groups in total. The highest BCUT2D eigenvalue weighted by Crippen LogP contribution is 2.16. The lowest BCUT2D eigenvalue weighted by Gasteiger charge is -2.24. The Hall–Kier alpha value is -1.63. The van der Waals surface area contributed by atoms with Gasteiger partial charge < -0.3 is 15.0 Å². The summed E-state index contributed by atoms with van der Waals surface area (Å²) in [5.74, 6) is -0.233. The molecule has 0 saturated carbocycles. The quantitative estimate of drug-likeness (QED) is 0.869. The van der Waals surface area contributed by atoms with Gasteiger partial charge in [0.15, 0.2) is 0 Å². The zero-order valence-electron chi connectivity index (χ0n) is 12.9. The summed E-state index contributed by atoms with van der Waals surface area (Å²) in [5.41, 5.74) is -0.154. The summed E-state index contributed by atoms with van der Waals surface area (Å²) in [4.78, 5) is 29.7. The fourth-order valence-electron chi connectivity index (χ4n) is 2.14. The largest absolute Gasteiger partial charge is 0.444 e. The van der Waals surface area contributed by atoms with E-state index in [0.29, 0.717) is 25.2 Å². The smallest absolute Gasteiger partial charge is 0.410 e. The maximum atomic E-state index is 12.1. The molecule has 2 heterocycles. The van der Waals surface area contributed by atoms with E-state index in [9.17, 15) is 9.59 Å². The van der Waals surface area contributed by atoms with Crippen LogP contribution in [0.1, 0.15) is 37.7 Å². The fraction of sp³-hybridized carbons (Fsp3) is 0.533. The normalized spacial score (nSPS) is 18.2. The van der Waals surface area contributed by atoms with Crippen LogP contribution in [0.15, 0.2) is 22.8 Å². The summed E-state index contributed by atoms with van der Waals surface area (Å²) >= 11 is 3.28. The van der Waals surface area contributed by atoms with Gasteiger partial charge in [-0.05, 0) is 55.3 Å². The van der Waals surface area contributed by atoms with Gasteiger partial charge in [0.25, 0.3) is 5.91 Å². The van der Waals surface area contributed by atoms with Crippen molar-refractivity contribution in [3.63, 3.8) is 0 Å². The van der Waals surface area contributed by atoms with Gasteiger partial charge >= 0.3 is 6.09 Å². The molecule has 1 fully saturated rings. The van der Waals surface area contributed by atoms with Crippen LogP contribution in [0.3, 0.4) is 0 Å². The van der Waals surface area contributed by atoms with Crippen molar-refractivity contribution < 1.29 is 14.3 Å². The Kier molecular flexibility index (Phi) is 5.05. The van der Waals surface area contributed by atoms with Crippen molar-refractivity contribution in [2.45, 2.75) is 38.8 Å². The highest BCUT2D eigenvalue weighted by molar-refractivity contribution is 9.10. The second-order valence-corrected chi connectivity index (χ2v) is 7.16. The van der Waals surface area contributed by atoms with Crippen LogP contribution < -0.4 is 5.32 Å². The fourth-order valence-corrected chi connectivity index (χ4v) is 2.37. The van der Waals surface area contributed by atoms with Crippen LogP contribution in [0, 0.1) is 0 Å². The minimum atomic E-state index is -0.514. The third-order valence-electron chi connectivity index (χ3n) is 3.14. The van der Waals surface area contributed by atoms with Gasteiger partial charge in [-0.15, -0.1) is 0 Å². The van der Waals surface area contributed by atoms with E-state index in [2.05, 4.69) is 26.2 Å². The molecule has 0 unspecified atom stereocenters. The Balaban J connectivity index is 1.87. The van der Waals surface area contributed by atoms with Gasteiger partial charge in [0.2, 0.25) is 0 Å². The van der Waals surface area contributed by atoms with Crippen LogP contribution in [0.5, 0.6) is 0 Å². The number of nitrogens with one attached hydrogen (secondary N) is 1. The summed E-state index contributed by atoms with van der Waals surface area (Å²) in [6, 6.07) is 3.34. The summed E-state index contributed by atoms with van der Waals surface area (Å²) in [5, 5.41) is 2.90. The highest BCUT2D eigenvalue weighted by atomic mass is 79.9. The van der Waals surface area contributed by atoms with E-state index in [0.717, 1.165) is 4.47 Å². The molecule has 0 aromatic carbocycles. The highest BCUT2D eigenvalue weighted by Gasteiger charge is 2.30. The first-order chi connectivity index (χ1) is 10.2. The molecule has 0 aliphatic carbocycles. The number of amides is 2. The van der Waals surface area contributed by atoms with Crippen molar-refractivity contribution in [3.05, 3.63) is 28.5 Å². The molecule has 22 heavy (non-hydrogen) atoms. The van der Waals surface area contributed by atoms with E-state index < -0.39 is 5.60 Å². The summed E-state index contributed by atoms with van der Waals surface area (Å²) in [6.45, 7) is 6.53. The first-order valence-electron chi connectivity index (χ1n) is 7.15. The van der Waals surface area contributed by atoms with Crippen molar-refractivity contribution in [1.29, 1.82) is 0 Å². The second kappa shape index (κ2) is 6.64. The van der Waals surface area contributed by atoms with Crippen LogP contribution in [0.2, 0.25) is 0 Å². The topological polar surface area (TPSA) is 71.5 Å². The van der Waals surface area contributed by atoms with Crippen molar-refractivity contribution in [2.75, 3.05) is 13.1 Å². The van der Waals surface area contributed by atoms with Crippen LogP contribution in [-0.4, -0.2) is 46.6 Å². The zero-order chi connectivity index (χ0) is 16.3. The Bertz CT molecular complexity index is 554. The van der Waals surface area contributed by atoms with E-state index in [1.54, 1.807) is 23.2 Å². The summed E-state index contributed by atoms with van der Waals surface area (Å²) < 4.78 is 6.15. The second-order valence-electron chi connectivity index (χ2n) is 6.25. The predicted octanol–water partition coefficient (Wildman–Crippen LogP) is 2.58. The number of likely N-dealkylation sites (tertiary alicyclic amines) is 1. The van der Waals surface area contributed by atoms with Gasteiger partial charge in [-0.3, -0.25) is 4.79 Å². The lowest BCUT2D eigenvalue weighted by atomic mass is 10.2. The van der Waals surface area contributed by atoms with Gasteiger partial charge in [0, 0.05) is 29.8 Å². The Morgan fingerprint density at radius 1 is 1.41 bits per heavy atom. The minimum Gasteiger partial charge on any atom is -0.444 e. The average molecular weight is 370 g/mol. The number of pyridine rings is 1. The third kappa shape index (κ3) is 4.69. The first kappa shape index (κ1) is 16.7. The maximum absolute atomic E-state index is 12.1. The van der Waals surface area contributed by atoms with Crippen molar-refractivity contribution in [1.82, 2.24) is 15.2 Å². The van der Waals surface area contributed by atoms with E-state index in [4.69, 9.17) is 4.74 Å². The van der Waals surface area contributed by atoms with Crippen LogP contribution in [0.25, 0.3) is 0 Å². The number of aromatic nitrogens is 1. The van der Waals surface area contributed by atoms with Crippen molar-refractivity contribution in [3.8, 4) is 0 Å². The molecule has 0 radical (unpaired) electrons. The molecule has 1 aromatic rings. The molecule has 0 bridgehead atoms. The number of hydrogen-bond donors (Lipinski definition) is 1. The molecule has 1 aliphatic rings. The van der Waals surface area contributed by atoms with Crippen LogP contribution >= 0.6 is 15.9 Å². The molecule has 1 saturated heterocycles. The van der Waals surface area contributed by atoms with E-state index in [-0.39, 0.29) is 18.0 Å². The summed E-state index contributed by atoms with van der Waals surface area (Å²) in [7, 11) is 0. The Morgan fingerprint density at radius 3 is 2.73 bits per heavy atom. The average Bonchev–Trinajstić information content (AvgIpc) is 2.86. The molecule has 1 aromatic heterocycles. The van der Waals surface area contributed by atoms with Gasteiger partial charge in [-0.1, -0.05) is 0 Å². The lowest BCUT2D eigenvalue weighted by molar-refractivity contribution is 0.0290. The number of carbonyl (C=O) groups is 2. The van der Waals surface area contributed by atoms with E-state index in [1.807, 2.05) is 20.8 Å². The molecule has 1 atom stereocenters. The molecule has 2 rings (SSSR count). The standard InChI is InChI=1S/C15H20BrN3O3/c1-15(2,3)22-14(21)19-7-6-11(9-19)18-13(20)12-5-4-10(16)8-17-12/h4-5,8,11H,6-7,9H2,1-3H3,(H,18,20)/t11-/m1/s1. The predicted molar refractivity (Wildman–Crippen MR) is 85.6 cm³/mol. The van der Waals surface area contributed by atoms with E-state index >= 15 is 0 Å². The SMILES string of the molecule is CC(C)(C)OC(=O)N1CC[C@@H](NC(=O)c2ccc(Br)cn2)C1.